The Morgan fingerprint density at radius 3 is 3.10 bits per heavy atom. The first-order valence-electron chi connectivity index (χ1n) is 6.15. The smallest absolute Gasteiger partial charge is 0.262 e. The molecule has 2 rings (SSSR count). The fraction of sp³-hybridized carbons (Fsp3) is 0.200. The molecule has 2 aromatic rings. The van der Waals surface area contributed by atoms with Crippen LogP contribution in [0.25, 0.3) is 0 Å². The zero-order chi connectivity index (χ0) is 14.2. The molecule has 5 heteroatoms. The molecule has 20 heavy (non-hydrogen) atoms. The molecule has 102 valence electrons. The lowest BCUT2D eigenvalue weighted by Gasteiger charge is -2.03. The summed E-state index contributed by atoms with van der Waals surface area (Å²) in [6.45, 7) is 0.466. The van der Waals surface area contributed by atoms with Crippen molar-refractivity contribution in [2.45, 2.75) is 13.0 Å². The molecule has 0 spiro atoms. The number of carbonyl (C=O) groups excluding carboxylic acids is 1. The average molecular weight is 286 g/mol. The third kappa shape index (κ3) is 3.92. The molecule has 0 radical (unpaired) electrons. The molecule has 0 aliphatic carbocycles. The van der Waals surface area contributed by atoms with E-state index in [1.165, 1.54) is 11.3 Å². The van der Waals surface area contributed by atoms with E-state index in [1.54, 1.807) is 12.4 Å². The normalized spacial score (nSPS) is 9.65. The maximum absolute atomic E-state index is 12.1. The Kier molecular flexibility index (Phi) is 5.30. The highest BCUT2D eigenvalue weighted by molar-refractivity contribution is 7.12. The summed E-state index contributed by atoms with van der Waals surface area (Å²) in [5, 5.41) is 13.4. The molecular weight excluding hydrogens is 272 g/mol. The molecule has 0 saturated heterocycles. The Hall–Kier alpha value is -2.16. The second kappa shape index (κ2) is 7.43. The first-order valence-corrected chi connectivity index (χ1v) is 7.03. The summed E-state index contributed by atoms with van der Waals surface area (Å²) in [6, 6.07) is 5.55. The number of nitrogens with one attached hydrogen (secondary N) is 1. The van der Waals surface area contributed by atoms with Crippen molar-refractivity contribution >= 4 is 17.2 Å². The Morgan fingerprint density at radius 2 is 2.35 bits per heavy atom. The summed E-state index contributed by atoms with van der Waals surface area (Å²) in [5.41, 5.74) is 1.65. The van der Waals surface area contributed by atoms with E-state index in [0.717, 1.165) is 5.56 Å². The van der Waals surface area contributed by atoms with Crippen molar-refractivity contribution in [2.75, 3.05) is 6.61 Å². The lowest BCUT2D eigenvalue weighted by molar-refractivity contribution is 0.0954. The fourth-order valence-electron chi connectivity index (χ4n) is 1.56. The monoisotopic (exact) mass is 286 g/mol. The molecule has 0 atom stereocenters. The summed E-state index contributed by atoms with van der Waals surface area (Å²) >= 11 is 1.36. The lowest BCUT2D eigenvalue weighted by atomic mass is 10.2. The fourth-order valence-corrected chi connectivity index (χ4v) is 2.33. The molecule has 2 aromatic heterocycles. The van der Waals surface area contributed by atoms with Crippen molar-refractivity contribution in [2.24, 2.45) is 0 Å². The minimum Gasteiger partial charge on any atom is -0.395 e. The van der Waals surface area contributed by atoms with Crippen LogP contribution >= 0.6 is 11.3 Å². The SMILES string of the molecule is O=C(NCc1cccnc1)c1sccc1C#CCCO. The molecule has 2 N–H and O–H groups in total. The van der Waals surface area contributed by atoms with Crippen LogP contribution in [0.5, 0.6) is 0 Å². The summed E-state index contributed by atoms with van der Waals surface area (Å²) < 4.78 is 0. The zero-order valence-corrected chi connectivity index (χ0v) is 11.6. The predicted octanol–water partition coefficient (Wildman–Crippen LogP) is 1.81. The van der Waals surface area contributed by atoms with Crippen molar-refractivity contribution < 1.29 is 9.90 Å². The van der Waals surface area contributed by atoms with Gasteiger partial charge in [0.1, 0.15) is 4.88 Å². The van der Waals surface area contributed by atoms with Crippen molar-refractivity contribution in [3.8, 4) is 11.8 Å². The Morgan fingerprint density at radius 1 is 1.45 bits per heavy atom. The molecule has 0 aliphatic rings. The number of carbonyl (C=O) groups is 1. The number of amides is 1. The number of hydrogen-bond acceptors (Lipinski definition) is 4. The summed E-state index contributed by atoms with van der Waals surface area (Å²) in [4.78, 5) is 16.7. The number of hydrogen-bond donors (Lipinski definition) is 2. The quantitative estimate of drug-likeness (QED) is 0.843. The van der Waals surface area contributed by atoms with E-state index in [0.29, 0.717) is 23.4 Å². The van der Waals surface area contributed by atoms with Crippen molar-refractivity contribution in [1.29, 1.82) is 0 Å². The van der Waals surface area contributed by atoms with E-state index in [4.69, 9.17) is 5.11 Å². The topological polar surface area (TPSA) is 62.2 Å². The summed E-state index contributed by atoms with van der Waals surface area (Å²) in [7, 11) is 0. The standard InChI is InChI=1S/C15H14N2O2S/c18-8-2-1-5-13-6-9-20-14(13)15(19)17-11-12-4-3-7-16-10-12/h3-4,6-7,9-10,18H,2,8,11H2,(H,17,19). The van der Waals surface area contributed by atoms with Gasteiger partial charge >= 0.3 is 0 Å². The van der Waals surface area contributed by atoms with Crippen LogP contribution in [0, 0.1) is 11.8 Å². The number of aliphatic hydroxyl groups is 1. The third-order valence-corrected chi connectivity index (χ3v) is 3.42. The minimum absolute atomic E-state index is 0.0275. The van der Waals surface area contributed by atoms with Gasteiger partial charge < -0.3 is 10.4 Å². The van der Waals surface area contributed by atoms with Gasteiger partial charge in [-0.3, -0.25) is 9.78 Å². The maximum Gasteiger partial charge on any atom is 0.262 e. The van der Waals surface area contributed by atoms with Gasteiger partial charge in [0.25, 0.3) is 5.91 Å². The number of aromatic nitrogens is 1. The van der Waals surface area contributed by atoms with Crippen molar-refractivity contribution in [3.63, 3.8) is 0 Å². The largest absolute Gasteiger partial charge is 0.395 e. The first kappa shape index (κ1) is 14.3. The van der Waals surface area contributed by atoms with E-state index >= 15 is 0 Å². The van der Waals surface area contributed by atoms with E-state index in [1.807, 2.05) is 23.6 Å². The molecule has 0 fully saturated rings. The highest BCUT2D eigenvalue weighted by Crippen LogP contribution is 2.15. The van der Waals surface area contributed by atoms with Crippen molar-refractivity contribution in [1.82, 2.24) is 10.3 Å². The van der Waals surface area contributed by atoms with Gasteiger partial charge in [-0.15, -0.1) is 11.3 Å². The van der Waals surface area contributed by atoms with Gasteiger partial charge in [-0.05, 0) is 23.1 Å². The Labute approximate surface area is 121 Å². The van der Waals surface area contributed by atoms with Crippen LogP contribution in [0.3, 0.4) is 0 Å². The molecule has 0 saturated carbocycles. The van der Waals surface area contributed by atoms with Gasteiger partial charge in [0.15, 0.2) is 0 Å². The highest BCUT2D eigenvalue weighted by Gasteiger charge is 2.11. The van der Waals surface area contributed by atoms with E-state index in [9.17, 15) is 4.79 Å². The zero-order valence-electron chi connectivity index (χ0n) is 10.8. The van der Waals surface area contributed by atoms with E-state index in [-0.39, 0.29) is 12.5 Å². The molecular formula is C15H14N2O2S. The van der Waals surface area contributed by atoms with Gasteiger partial charge in [0.2, 0.25) is 0 Å². The van der Waals surface area contributed by atoms with Crippen LogP contribution < -0.4 is 5.32 Å². The molecule has 0 bridgehead atoms. The maximum atomic E-state index is 12.1. The number of pyridine rings is 1. The second-order valence-corrected chi connectivity index (χ2v) is 4.90. The van der Waals surface area contributed by atoms with Gasteiger partial charge in [0.05, 0.1) is 6.61 Å². The highest BCUT2D eigenvalue weighted by atomic mass is 32.1. The van der Waals surface area contributed by atoms with Gasteiger partial charge in [-0.2, -0.15) is 0 Å². The van der Waals surface area contributed by atoms with Crippen LogP contribution in [0.4, 0.5) is 0 Å². The van der Waals surface area contributed by atoms with Crippen molar-refractivity contribution in [3.05, 3.63) is 52.0 Å². The second-order valence-electron chi connectivity index (χ2n) is 3.98. The van der Waals surface area contributed by atoms with E-state index in [2.05, 4.69) is 22.1 Å². The molecule has 2 heterocycles. The Balaban J connectivity index is 2.00. The first-order chi connectivity index (χ1) is 9.81. The predicted molar refractivity (Wildman–Crippen MR) is 78.3 cm³/mol. The van der Waals surface area contributed by atoms with Crippen LogP contribution in [0.1, 0.15) is 27.2 Å². The Bertz CT molecular complexity index is 626. The van der Waals surface area contributed by atoms with Gasteiger partial charge in [0, 0.05) is 30.9 Å². The summed E-state index contributed by atoms with van der Waals surface area (Å²) in [5.74, 6) is 5.58. The minimum atomic E-state index is -0.142. The molecule has 1 amide bonds. The van der Waals surface area contributed by atoms with E-state index < -0.39 is 0 Å². The van der Waals surface area contributed by atoms with Crippen LogP contribution in [0.15, 0.2) is 36.0 Å². The van der Waals surface area contributed by atoms with Crippen LogP contribution in [0.2, 0.25) is 0 Å². The molecule has 0 aromatic carbocycles. The lowest BCUT2D eigenvalue weighted by Crippen LogP contribution is -2.22. The van der Waals surface area contributed by atoms with Crippen LogP contribution in [-0.2, 0) is 6.54 Å². The molecule has 0 aliphatic heterocycles. The molecule has 0 unspecified atom stereocenters. The average Bonchev–Trinajstić information content (AvgIpc) is 2.95. The summed E-state index contributed by atoms with van der Waals surface area (Å²) in [6.07, 6.45) is 3.82. The third-order valence-electron chi connectivity index (χ3n) is 2.51. The number of aliphatic hydroxyl groups excluding tert-OH is 1. The van der Waals surface area contributed by atoms with Gasteiger partial charge in [-0.25, -0.2) is 0 Å². The van der Waals surface area contributed by atoms with Crippen LogP contribution in [-0.4, -0.2) is 22.6 Å². The number of nitrogens with zero attached hydrogens (tertiary/aromatic N) is 1. The molecule has 4 nitrogen and oxygen atoms in total. The van der Waals surface area contributed by atoms with Gasteiger partial charge in [-0.1, -0.05) is 17.9 Å². The number of thiophene rings is 1. The number of rotatable bonds is 4.